The van der Waals surface area contributed by atoms with Crippen molar-refractivity contribution in [3.8, 4) is 5.75 Å². The van der Waals surface area contributed by atoms with Crippen molar-refractivity contribution < 1.29 is 19.0 Å². The second kappa shape index (κ2) is 9.92. The number of aryl methyl sites for hydroxylation is 2. The van der Waals surface area contributed by atoms with Gasteiger partial charge in [-0.25, -0.2) is 4.39 Å². The summed E-state index contributed by atoms with van der Waals surface area (Å²) in [6.07, 6.45) is 2.60. The fourth-order valence-corrected chi connectivity index (χ4v) is 2.87. The maximum atomic E-state index is 13.5. The number of ether oxygens (including phenoxy) is 1. The summed E-state index contributed by atoms with van der Waals surface area (Å²) in [6.45, 7) is 2.87. The van der Waals surface area contributed by atoms with E-state index in [0.29, 0.717) is 6.42 Å². The Hall–Kier alpha value is -2.40. The van der Waals surface area contributed by atoms with Crippen molar-refractivity contribution in [2.45, 2.75) is 38.6 Å². The van der Waals surface area contributed by atoms with Gasteiger partial charge in [0.15, 0.2) is 11.6 Å². The first-order valence-electron chi connectivity index (χ1n) is 8.86. The zero-order valence-corrected chi connectivity index (χ0v) is 15.3. The first-order chi connectivity index (χ1) is 12.5. The molecule has 0 fully saturated rings. The molecule has 0 aliphatic heterocycles. The summed E-state index contributed by atoms with van der Waals surface area (Å²) < 4.78 is 18.5. The summed E-state index contributed by atoms with van der Waals surface area (Å²) in [5.41, 5.74) is 3.26. The molecule has 0 bridgehead atoms. The van der Waals surface area contributed by atoms with Crippen LogP contribution in [0.25, 0.3) is 0 Å². The minimum absolute atomic E-state index is 0.103. The van der Waals surface area contributed by atoms with Gasteiger partial charge in [0.05, 0.1) is 7.11 Å². The van der Waals surface area contributed by atoms with Crippen LogP contribution in [0.2, 0.25) is 0 Å². The molecule has 0 unspecified atom stereocenters. The van der Waals surface area contributed by atoms with Crippen LogP contribution < -0.4 is 10.1 Å². The van der Waals surface area contributed by atoms with Gasteiger partial charge in [-0.1, -0.05) is 30.3 Å². The lowest BCUT2D eigenvalue weighted by Gasteiger charge is -2.15. The van der Waals surface area contributed by atoms with Gasteiger partial charge < -0.3 is 15.2 Å². The maximum absolute atomic E-state index is 13.5. The monoisotopic (exact) mass is 359 g/mol. The molecular formula is C21H26FNO3. The molecule has 0 radical (unpaired) electrons. The van der Waals surface area contributed by atoms with E-state index in [1.807, 2.05) is 19.1 Å². The van der Waals surface area contributed by atoms with E-state index in [-0.39, 0.29) is 24.0 Å². The van der Waals surface area contributed by atoms with Crippen LogP contribution in [0.4, 0.5) is 4.39 Å². The number of methoxy groups -OCH3 is 1. The van der Waals surface area contributed by atoms with Crippen LogP contribution in [0.3, 0.4) is 0 Å². The van der Waals surface area contributed by atoms with Crippen molar-refractivity contribution >= 4 is 5.97 Å². The normalized spacial score (nSPS) is 12.0. The van der Waals surface area contributed by atoms with Crippen molar-refractivity contribution in [1.82, 2.24) is 5.32 Å². The van der Waals surface area contributed by atoms with E-state index < -0.39 is 5.97 Å². The largest absolute Gasteiger partial charge is 0.494 e. The van der Waals surface area contributed by atoms with Crippen molar-refractivity contribution in [2.24, 2.45) is 0 Å². The predicted molar refractivity (Wildman–Crippen MR) is 100 cm³/mol. The summed E-state index contributed by atoms with van der Waals surface area (Å²) in [4.78, 5) is 10.7. The molecule has 0 aromatic heterocycles. The van der Waals surface area contributed by atoms with Gasteiger partial charge in [0.1, 0.15) is 0 Å². The van der Waals surface area contributed by atoms with Gasteiger partial charge in [0.25, 0.3) is 0 Å². The number of carboxylic acid groups (broad SMARTS) is 1. The molecule has 2 rings (SSSR count). The number of rotatable bonds is 10. The third-order valence-corrected chi connectivity index (χ3v) is 4.39. The Bertz CT molecular complexity index is 733. The Kier molecular flexibility index (Phi) is 7.60. The Morgan fingerprint density at radius 2 is 1.92 bits per heavy atom. The number of hydrogen-bond acceptors (Lipinski definition) is 3. The summed E-state index contributed by atoms with van der Waals surface area (Å²) in [7, 11) is 1.46. The van der Waals surface area contributed by atoms with Gasteiger partial charge in [-0.05, 0) is 61.6 Å². The molecule has 2 aromatic carbocycles. The number of benzene rings is 2. The minimum Gasteiger partial charge on any atom is -0.494 e. The summed E-state index contributed by atoms with van der Waals surface area (Å²) in [5.74, 6) is -0.869. The molecule has 0 amide bonds. The molecule has 4 nitrogen and oxygen atoms in total. The summed E-state index contributed by atoms with van der Waals surface area (Å²) >= 11 is 0. The SMILES string of the molecule is COc1cc([C@@H](C)NCCCc2cccc(CCC(=O)O)c2)ccc1F. The Labute approximate surface area is 154 Å². The van der Waals surface area contributed by atoms with Crippen LogP contribution in [0.1, 0.15) is 42.5 Å². The van der Waals surface area contributed by atoms with Crippen LogP contribution in [0.5, 0.6) is 5.75 Å². The second-order valence-corrected chi connectivity index (χ2v) is 6.39. The highest BCUT2D eigenvalue weighted by Crippen LogP contribution is 2.22. The molecule has 2 N–H and O–H groups in total. The van der Waals surface area contributed by atoms with Gasteiger partial charge in [0, 0.05) is 12.5 Å². The standard InChI is InChI=1S/C21H26FNO3/c1-15(18-9-10-19(22)20(14-18)26-2)23-12-4-7-16-5-3-6-17(13-16)8-11-21(24)25/h3,5-6,9-10,13-15,23H,4,7-8,11-12H2,1-2H3,(H,24,25)/t15-/m1/s1. The molecule has 140 valence electrons. The number of halogens is 1. The fourth-order valence-electron chi connectivity index (χ4n) is 2.87. The van der Waals surface area contributed by atoms with E-state index in [1.54, 1.807) is 12.1 Å². The number of aliphatic carboxylic acids is 1. The molecular weight excluding hydrogens is 333 g/mol. The van der Waals surface area contributed by atoms with Gasteiger partial charge in [-0.15, -0.1) is 0 Å². The molecule has 5 heteroatoms. The maximum Gasteiger partial charge on any atom is 0.303 e. The topological polar surface area (TPSA) is 58.6 Å². The first-order valence-corrected chi connectivity index (χ1v) is 8.86. The molecule has 0 aliphatic carbocycles. The average Bonchev–Trinajstić information content (AvgIpc) is 2.64. The molecule has 0 saturated heterocycles. The molecule has 0 heterocycles. The van der Waals surface area contributed by atoms with Crippen LogP contribution in [0.15, 0.2) is 42.5 Å². The molecule has 0 aliphatic rings. The Balaban J connectivity index is 1.79. The van der Waals surface area contributed by atoms with Crippen LogP contribution in [-0.2, 0) is 17.6 Å². The van der Waals surface area contributed by atoms with Crippen LogP contribution >= 0.6 is 0 Å². The van der Waals surface area contributed by atoms with E-state index in [9.17, 15) is 9.18 Å². The van der Waals surface area contributed by atoms with Gasteiger partial charge in [-0.3, -0.25) is 4.79 Å². The quantitative estimate of drug-likeness (QED) is 0.626. The minimum atomic E-state index is -0.772. The zero-order valence-electron chi connectivity index (χ0n) is 15.3. The van der Waals surface area contributed by atoms with Crippen LogP contribution in [0, 0.1) is 5.82 Å². The number of hydrogen-bond donors (Lipinski definition) is 2. The van der Waals surface area contributed by atoms with E-state index in [4.69, 9.17) is 9.84 Å². The van der Waals surface area contributed by atoms with Crippen molar-refractivity contribution in [2.75, 3.05) is 13.7 Å². The lowest BCUT2D eigenvalue weighted by molar-refractivity contribution is -0.136. The molecule has 2 aromatic rings. The number of carboxylic acids is 1. The van der Waals surface area contributed by atoms with Crippen LogP contribution in [-0.4, -0.2) is 24.7 Å². The zero-order chi connectivity index (χ0) is 18.9. The highest BCUT2D eigenvalue weighted by molar-refractivity contribution is 5.67. The van der Waals surface area contributed by atoms with E-state index in [2.05, 4.69) is 17.4 Å². The predicted octanol–water partition coefficient (Wildman–Crippen LogP) is 4.13. The molecule has 26 heavy (non-hydrogen) atoms. The van der Waals surface area contributed by atoms with Crippen molar-refractivity contribution in [1.29, 1.82) is 0 Å². The summed E-state index contributed by atoms with van der Waals surface area (Å²) in [6, 6.07) is 13.1. The highest BCUT2D eigenvalue weighted by Gasteiger charge is 2.09. The van der Waals surface area contributed by atoms with Gasteiger partial charge in [0.2, 0.25) is 0 Å². The van der Waals surface area contributed by atoms with E-state index in [1.165, 1.54) is 18.7 Å². The smallest absolute Gasteiger partial charge is 0.303 e. The second-order valence-electron chi connectivity index (χ2n) is 6.39. The molecule has 0 spiro atoms. The lowest BCUT2D eigenvalue weighted by Crippen LogP contribution is -2.20. The number of carbonyl (C=O) groups is 1. The Morgan fingerprint density at radius 3 is 2.62 bits per heavy atom. The number of nitrogens with one attached hydrogen (secondary N) is 1. The van der Waals surface area contributed by atoms with Gasteiger partial charge in [-0.2, -0.15) is 0 Å². The lowest BCUT2D eigenvalue weighted by atomic mass is 10.0. The van der Waals surface area contributed by atoms with E-state index in [0.717, 1.165) is 30.5 Å². The highest BCUT2D eigenvalue weighted by atomic mass is 19.1. The summed E-state index contributed by atoms with van der Waals surface area (Å²) in [5, 5.41) is 12.2. The Morgan fingerprint density at radius 1 is 1.19 bits per heavy atom. The fraction of sp³-hybridized carbons (Fsp3) is 0.381. The average molecular weight is 359 g/mol. The van der Waals surface area contributed by atoms with Crippen molar-refractivity contribution in [3.05, 3.63) is 65.0 Å². The van der Waals surface area contributed by atoms with E-state index >= 15 is 0 Å². The molecule has 1 atom stereocenters. The van der Waals surface area contributed by atoms with Crippen molar-refractivity contribution in [3.63, 3.8) is 0 Å². The molecule has 0 saturated carbocycles. The first kappa shape index (κ1) is 19.9. The van der Waals surface area contributed by atoms with Gasteiger partial charge >= 0.3 is 5.97 Å². The third-order valence-electron chi connectivity index (χ3n) is 4.39. The third kappa shape index (κ3) is 6.15.